The summed E-state index contributed by atoms with van der Waals surface area (Å²) in [6.45, 7) is 5.65. The van der Waals surface area contributed by atoms with Gasteiger partial charge in [-0.2, -0.15) is 0 Å². The van der Waals surface area contributed by atoms with Crippen LogP contribution >= 0.6 is 0 Å². The second kappa shape index (κ2) is 4.93. The first-order valence-corrected chi connectivity index (χ1v) is 6.99. The third kappa shape index (κ3) is 2.29. The van der Waals surface area contributed by atoms with Crippen molar-refractivity contribution in [3.05, 3.63) is 47.7 Å². The Morgan fingerprint density at radius 2 is 2.00 bits per heavy atom. The van der Waals surface area contributed by atoms with Crippen LogP contribution in [0.25, 0.3) is 11.0 Å². The van der Waals surface area contributed by atoms with Gasteiger partial charge in [-0.1, -0.05) is 0 Å². The van der Waals surface area contributed by atoms with E-state index >= 15 is 0 Å². The second-order valence-corrected chi connectivity index (χ2v) is 5.39. The number of aliphatic hydroxyl groups is 1. The van der Waals surface area contributed by atoms with Crippen LogP contribution in [-0.4, -0.2) is 14.7 Å². The number of nitrogens with two attached hydrogens (primary N) is 1. The van der Waals surface area contributed by atoms with Crippen molar-refractivity contribution in [2.24, 2.45) is 0 Å². The average molecular weight is 285 g/mol. The molecule has 0 fully saturated rings. The van der Waals surface area contributed by atoms with Crippen LogP contribution in [0.1, 0.15) is 43.3 Å². The molecule has 3 N–H and O–H groups in total. The lowest BCUT2D eigenvalue weighted by atomic mass is 10.2. The second-order valence-electron chi connectivity index (χ2n) is 5.39. The molecular weight excluding hydrogens is 266 g/mol. The molecule has 0 aliphatic carbocycles. The molecule has 1 aromatic carbocycles. The SMILES string of the molecule is Cc1ccc(C(C)n2c(C(C)O)nc3cc(N)ccc32)o1. The minimum absolute atomic E-state index is 0.0584. The molecular formula is C16H19N3O2. The largest absolute Gasteiger partial charge is 0.464 e. The molecule has 2 atom stereocenters. The Kier molecular flexibility index (Phi) is 3.22. The minimum atomic E-state index is -0.669. The summed E-state index contributed by atoms with van der Waals surface area (Å²) in [4.78, 5) is 4.52. The van der Waals surface area contributed by atoms with E-state index in [0.29, 0.717) is 11.5 Å². The van der Waals surface area contributed by atoms with Gasteiger partial charge in [0.1, 0.15) is 23.4 Å². The molecule has 0 radical (unpaired) electrons. The smallest absolute Gasteiger partial charge is 0.139 e. The molecule has 110 valence electrons. The van der Waals surface area contributed by atoms with Crippen LogP contribution in [-0.2, 0) is 0 Å². The molecule has 3 rings (SSSR count). The van der Waals surface area contributed by atoms with E-state index in [0.717, 1.165) is 22.6 Å². The summed E-state index contributed by atoms with van der Waals surface area (Å²) < 4.78 is 7.72. The topological polar surface area (TPSA) is 77.2 Å². The molecule has 2 unspecified atom stereocenters. The van der Waals surface area contributed by atoms with Gasteiger partial charge in [0, 0.05) is 5.69 Å². The van der Waals surface area contributed by atoms with Crippen LogP contribution < -0.4 is 5.73 Å². The Morgan fingerprint density at radius 3 is 2.62 bits per heavy atom. The molecule has 3 aromatic rings. The van der Waals surface area contributed by atoms with Gasteiger partial charge in [0.2, 0.25) is 0 Å². The first-order valence-electron chi connectivity index (χ1n) is 6.99. The molecule has 5 heteroatoms. The average Bonchev–Trinajstić information content (AvgIpc) is 3.01. The van der Waals surface area contributed by atoms with Crippen molar-refractivity contribution < 1.29 is 9.52 Å². The van der Waals surface area contributed by atoms with Crippen LogP contribution in [0, 0.1) is 6.92 Å². The maximum atomic E-state index is 10.0. The molecule has 2 aromatic heterocycles. The monoisotopic (exact) mass is 285 g/mol. The molecule has 0 aliphatic rings. The number of anilines is 1. The van der Waals surface area contributed by atoms with E-state index in [2.05, 4.69) is 4.98 Å². The van der Waals surface area contributed by atoms with E-state index in [9.17, 15) is 5.11 Å². The summed E-state index contributed by atoms with van der Waals surface area (Å²) in [5, 5.41) is 10.0. The highest BCUT2D eigenvalue weighted by atomic mass is 16.3. The molecule has 0 spiro atoms. The van der Waals surface area contributed by atoms with Gasteiger partial charge in [-0.15, -0.1) is 0 Å². The number of aliphatic hydroxyl groups excluding tert-OH is 1. The first-order chi connectivity index (χ1) is 9.97. The lowest BCUT2D eigenvalue weighted by Crippen LogP contribution is -2.12. The molecule has 0 bridgehead atoms. The zero-order chi connectivity index (χ0) is 15.1. The zero-order valence-electron chi connectivity index (χ0n) is 12.4. The van der Waals surface area contributed by atoms with Gasteiger partial charge in [0.15, 0.2) is 0 Å². The highest BCUT2D eigenvalue weighted by molar-refractivity contribution is 5.80. The molecule has 0 saturated heterocycles. The lowest BCUT2D eigenvalue weighted by molar-refractivity contribution is 0.182. The third-order valence-corrected chi connectivity index (χ3v) is 3.67. The van der Waals surface area contributed by atoms with Crippen LogP contribution in [0.2, 0.25) is 0 Å². The van der Waals surface area contributed by atoms with Gasteiger partial charge in [-0.25, -0.2) is 4.98 Å². The Bertz CT molecular complexity index is 786. The Morgan fingerprint density at radius 1 is 1.24 bits per heavy atom. The maximum Gasteiger partial charge on any atom is 0.139 e. The molecule has 0 saturated carbocycles. The number of imidazole rings is 1. The lowest BCUT2D eigenvalue weighted by Gasteiger charge is -2.17. The first kappa shape index (κ1) is 13.7. The summed E-state index contributed by atoms with van der Waals surface area (Å²) in [6.07, 6.45) is -0.669. The minimum Gasteiger partial charge on any atom is -0.464 e. The van der Waals surface area contributed by atoms with E-state index < -0.39 is 6.10 Å². The summed E-state index contributed by atoms with van der Waals surface area (Å²) in [6, 6.07) is 9.41. The predicted molar refractivity (Wildman–Crippen MR) is 82.0 cm³/mol. The molecule has 0 amide bonds. The van der Waals surface area contributed by atoms with Gasteiger partial charge in [0.25, 0.3) is 0 Å². The van der Waals surface area contributed by atoms with E-state index in [1.165, 1.54) is 0 Å². The summed E-state index contributed by atoms with van der Waals surface area (Å²) in [7, 11) is 0. The highest BCUT2D eigenvalue weighted by Gasteiger charge is 2.21. The van der Waals surface area contributed by atoms with Gasteiger partial charge in [-0.3, -0.25) is 0 Å². The van der Waals surface area contributed by atoms with E-state index in [1.807, 2.05) is 48.7 Å². The van der Waals surface area contributed by atoms with Gasteiger partial charge >= 0.3 is 0 Å². The normalized spacial score (nSPS) is 14.5. The van der Waals surface area contributed by atoms with Crippen LogP contribution in [0.15, 0.2) is 34.7 Å². The van der Waals surface area contributed by atoms with Crippen LogP contribution in [0.4, 0.5) is 5.69 Å². The fourth-order valence-corrected chi connectivity index (χ4v) is 2.64. The standard InChI is InChI=1S/C16H19N3O2/c1-9-4-7-15(21-9)10(2)19-14-6-5-12(17)8-13(14)18-16(19)11(3)20/h4-8,10-11,20H,17H2,1-3H3. The number of rotatable bonds is 3. The summed E-state index contributed by atoms with van der Waals surface area (Å²) >= 11 is 0. The molecule has 0 aliphatic heterocycles. The summed E-state index contributed by atoms with van der Waals surface area (Å²) in [5.41, 5.74) is 8.19. The predicted octanol–water partition coefficient (Wildman–Crippen LogP) is 3.18. The van der Waals surface area contributed by atoms with Crippen LogP contribution in [0.5, 0.6) is 0 Å². The maximum absolute atomic E-state index is 10.0. The quantitative estimate of drug-likeness (QED) is 0.724. The van der Waals surface area contributed by atoms with Crippen LogP contribution in [0.3, 0.4) is 0 Å². The van der Waals surface area contributed by atoms with E-state index in [-0.39, 0.29) is 6.04 Å². The zero-order valence-corrected chi connectivity index (χ0v) is 12.4. The Balaban J connectivity index is 2.21. The number of furan rings is 1. The van der Waals surface area contributed by atoms with E-state index in [1.54, 1.807) is 6.92 Å². The summed E-state index contributed by atoms with van der Waals surface area (Å²) in [5.74, 6) is 2.31. The van der Waals surface area contributed by atoms with Gasteiger partial charge in [-0.05, 0) is 51.1 Å². The van der Waals surface area contributed by atoms with Crippen molar-refractivity contribution in [1.29, 1.82) is 0 Å². The third-order valence-electron chi connectivity index (χ3n) is 3.67. The van der Waals surface area contributed by atoms with Crippen molar-refractivity contribution in [1.82, 2.24) is 9.55 Å². The highest BCUT2D eigenvalue weighted by Crippen LogP contribution is 2.30. The fourth-order valence-electron chi connectivity index (χ4n) is 2.64. The van der Waals surface area contributed by atoms with Crippen molar-refractivity contribution in [2.45, 2.75) is 32.9 Å². The number of fused-ring (bicyclic) bond motifs is 1. The fraction of sp³-hybridized carbons (Fsp3) is 0.312. The van der Waals surface area contributed by atoms with E-state index in [4.69, 9.17) is 10.2 Å². The van der Waals surface area contributed by atoms with Gasteiger partial charge < -0.3 is 19.8 Å². The number of nitrogen functional groups attached to an aromatic ring is 1. The van der Waals surface area contributed by atoms with Crippen molar-refractivity contribution in [3.63, 3.8) is 0 Å². The number of aromatic nitrogens is 2. The molecule has 5 nitrogen and oxygen atoms in total. The number of hydrogen-bond acceptors (Lipinski definition) is 4. The number of hydrogen-bond donors (Lipinski definition) is 2. The Hall–Kier alpha value is -2.27. The van der Waals surface area contributed by atoms with Gasteiger partial charge in [0.05, 0.1) is 17.1 Å². The van der Waals surface area contributed by atoms with Crippen molar-refractivity contribution >= 4 is 16.7 Å². The number of aryl methyl sites for hydroxylation is 1. The Labute approximate surface area is 123 Å². The van der Waals surface area contributed by atoms with Crippen molar-refractivity contribution in [2.75, 3.05) is 5.73 Å². The molecule has 2 heterocycles. The molecule has 21 heavy (non-hydrogen) atoms. The van der Waals surface area contributed by atoms with Crippen molar-refractivity contribution in [3.8, 4) is 0 Å². The number of benzene rings is 1. The number of nitrogens with zero attached hydrogens (tertiary/aromatic N) is 2.